The molecule has 0 bridgehead atoms. The van der Waals surface area contributed by atoms with Gasteiger partial charge in [0.1, 0.15) is 11.2 Å². The number of para-hydroxylation sites is 1. The number of aromatic nitrogens is 3. The normalized spacial score (nSPS) is 11.3. The third kappa shape index (κ3) is 4.11. The van der Waals surface area contributed by atoms with Crippen LogP contribution in [0.25, 0.3) is 67.2 Å². The predicted molar refractivity (Wildman–Crippen MR) is 154 cm³/mol. The first-order valence-electron chi connectivity index (χ1n) is 12.3. The number of halogens is 1. The van der Waals surface area contributed by atoms with Gasteiger partial charge in [-0.15, -0.1) is 0 Å². The van der Waals surface area contributed by atoms with Crippen LogP contribution in [0.4, 0.5) is 0 Å². The molecule has 0 aliphatic carbocycles. The van der Waals surface area contributed by atoms with Crippen LogP contribution in [-0.2, 0) is 0 Å². The summed E-state index contributed by atoms with van der Waals surface area (Å²) in [5.74, 6) is 1.80. The fraction of sp³-hybridized carbons (Fsp3) is 0. The van der Waals surface area contributed by atoms with Gasteiger partial charge in [0.15, 0.2) is 17.5 Å². The van der Waals surface area contributed by atoms with Crippen molar-refractivity contribution in [2.75, 3.05) is 0 Å². The average Bonchev–Trinajstić information content (AvgIpc) is 3.35. The lowest BCUT2D eigenvalue weighted by Crippen LogP contribution is -2.00. The van der Waals surface area contributed by atoms with Crippen LogP contribution in [0.3, 0.4) is 0 Å². The smallest absolute Gasteiger partial charge is 0.164 e. The van der Waals surface area contributed by atoms with Crippen LogP contribution in [0.15, 0.2) is 126 Å². The highest BCUT2D eigenvalue weighted by Crippen LogP contribution is 2.33. The Kier molecular flexibility index (Phi) is 5.46. The maximum Gasteiger partial charge on any atom is 0.164 e. The Hall–Kier alpha value is -4.80. The Morgan fingerprint density at radius 3 is 1.79 bits per heavy atom. The molecule has 7 aromatic rings. The molecule has 2 heterocycles. The van der Waals surface area contributed by atoms with Gasteiger partial charge >= 0.3 is 0 Å². The number of furan rings is 1. The second-order valence-corrected chi connectivity index (χ2v) is 9.51. The highest BCUT2D eigenvalue weighted by molar-refractivity contribution is 6.30. The summed E-state index contributed by atoms with van der Waals surface area (Å²) in [5.41, 5.74) is 6.42. The lowest BCUT2D eigenvalue weighted by molar-refractivity contribution is 0.669. The van der Waals surface area contributed by atoms with Gasteiger partial charge in [-0.25, -0.2) is 15.0 Å². The van der Waals surface area contributed by atoms with Crippen molar-refractivity contribution in [1.82, 2.24) is 15.0 Å². The number of rotatable bonds is 4. The summed E-state index contributed by atoms with van der Waals surface area (Å²) in [7, 11) is 0. The third-order valence-electron chi connectivity index (χ3n) is 6.58. The molecule has 0 fully saturated rings. The zero-order valence-electron chi connectivity index (χ0n) is 20.2. The summed E-state index contributed by atoms with van der Waals surface area (Å²) < 4.78 is 6.14. The Balaban J connectivity index is 1.39. The van der Waals surface area contributed by atoms with Crippen molar-refractivity contribution in [3.63, 3.8) is 0 Å². The molecular formula is C33H20ClN3O. The van der Waals surface area contributed by atoms with Gasteiger partial charge in [-0.05, 0) is 47.5 Å². The summed E-state index contributed by atoms with van der Waals surface area (Å²) in [4.78, 5) is 14.7. The molecule has 0 saturated carbocycles. The molecule has 0 unspecified atom stereocenters. The first-order chi connectivity index (χ1) is 18.7. The third-order valence-corrected chi connectivity index (χ3v) is 6.82. The maximum atomic E-state index is 6.26. The molecule has 5 heteroatoms. The zero-order chi connectivity index (χ0) is 25.5. The van der Waals surface area contributed by atoms with Gasteiger partial charge in [-0.3, -0.25) is 0 Å². The van der Waals surface area contributed by atoms with Gasteiger partial charge < -0.3 is 4.42 Å². The fourth-order valence-electron chi connectivity index (χ4n) is 4.72. The van der Waals surface area contributed by atoms with E-state index in [0.717, 1.165) is 49.8 Å². The second kappa shape index (κ2) is 9.25. The fourth-order valence-corrected chi connectivity index (χ4v) is 4.91. The molecule has 38 heavy (non-hydrogen) atoms. The van der Waals surface area contributed by atoms with Gasteiger partial charge in [0.2, 0.25) is 0 Å². The number of fused-ring (bicyclic) bond motifs is 3. The highest BCUT2D eigenvalue weighted by Gasteiger charge is 2.15. The number of nitrogens with zero attached hydrogens (tertiary/aromatic N) is 3. The van der Waals surface area contributed by atoms with Crippen molar-refractivity contribution in [3.05, 3.63) is 126 Å². The Morgan fingerprint density at radius 2 is 1.00 bits per heavy atom. The Morgan fingerprint density at radius 1 is 0.421 bits per heavy atom. The van der Waals surface area contributed by atoms with E-state index < -0.39 is 0 Å². The van der Waals surface area contributed by atoms with Gasteiger partial charge in [-0.2, -0.15) is 0 Å². The summed E-state index contributed by atoms with van der Waals surface area (Å²) in [6, 6.07) is 40.1. The van der Waals surface area contributed by atoms with Crippen LogP contribution in [0.5, 0.6) is 0 Å². The molecule has 2 aromatic heterocycles. The first-order valence-corrected chi connectivity index (χ1v) is 12.7. The molecular weight excluding hydrogens is 490 g/mol. The van der Waals surface area contributed by atoms with E-state index in [0.29, 0.717) is 22.5 Å². The minimum atomic E-state index is 0.587. The van der Waals surface area contributed by atoms with Crippen molar-refractivity contribution in [2.45, 2.75) is 0 Å². The first kappa shape index (κ1) is 22.4. The van der Waals surface area contributed by atoms with Crippen molar-refractivity contribution in [1.29, 1.82) is 0 Å². The summed E-state index contributed by atoms with van der Waals surface area (Å²) in [6.07, 6.45) is 0. The molecule has 0 saturated heterocycles. The van der Waals surface area contributed by atoms with Gasteiger partial charge in [-0.1, -0.05) is 96.5 Å². The molecule has 0 aliphatic rings. The highest BCUT2D eigenvalue weighted by atomic mass is 35.5. The topological polar surface area (TPSA) is 51.8 Å². The van der Waals surface area contributed by atoms with Crippen molar-refractivity contribution >= 4 is 33.5 Å². The van der Waals surface area contributed by atoms with Crippen LogP contribution in [-0.4, -0.2) is 15.0 Å². The Labute approximate surface area is 224 Å². The number of benzene rings is 5. The van der Waals surface area contributed by atoms with Gasteiger partial charge in [0.25, 0.3) is 0 Å². The molecule has 0 aliphatic heterocycles. The minimum Gasteiger partial charge on any atom is -0.456 e. The van der Waals surface area contributed by atoms with Crippen LogP contribution in [0, 0.1) is 0 Å². The van der Waals surface area contributed by atoms with E-state index in [1.165, 1.54) is 0 Å². The van der Waals surface area contributed by atoms with Crippen LogP contribution in [0.2, 0.25) is 5.02 Å². The van der Waals surface area contributed by atoms with E-state index >= 15 is 0 Å². The molecule has 0 radical (unpaired) electrons. The van der Waals surface area contributed by atoms with E-state index in [-0.39, 0.29) is 0 Å². The van der Waals surface area contributed by atoms with E-state index in [9.17, 15) is 0 Å². The minimum absolute atomic E-state index is 0.587. The molecule has 4 nitrogen and oxygen atoms in total. The summed E-state index contributed by atoms with van der Waals surface area (Å²) >= 11 is 6.26. The molecule has 0 spiro atoms. The predicted octanol–water partition coefficient (Wildman–Crippen LogP) is 9.09. The largest absolute Gasteiger partial charge is 0.456 e. The summed E-state index contributed by atoms with van der Waals surface area (Å²) in [5, 5.41) is 2.85. The van der Waals surface area contributed by atoms with Crippen LogP contribution < -0.4 is 0 Å². The second-order valence-electron chi connectivity index (χ2n) is 9.07. The van der Waals surface area contributed by atoms with Crippen LogP contribution in [0.1, 0.15) is 0 Å². The van der Waals surface area contributed by atoms with Crippen molar-refractivity contribution in [2.24, 2.45) is 0 Å². The van der Waals surface area contributed by atoms with Crippen molar-refractivity contribution < 1.29 is 4.42 Å². The Bertz CT molecular complexity index is 1950. The molecule has 0 atom stereocenters. The standard InChI is InChI=1S/C33H20ClN3O/c34-26-13-7-11-23(19-26)22-10-6-12-24(18-22)32-35-31(21-8-2-1-3-9-21)36-33(37-32)25-16-17-28-27-14-4-5-15-29(27)38-30(28)20-25/h1-20H. The van der Waals surface area contributed by atoms with E-state index in [1.807, 2.05) is 97.1 Å². The maximum absolute atomic E-state index is 6.26. The van der Waals surface area contributed by atoms with E-state index in [2.05, 4.69) is 24.3 Å². The summed E-state index contributed by atoms with van der Waals surface area (Å²) in [6.45, 7) is 0. The molecule has 0 amide bonds. The molecule has 180 valence electrons. The SMILES string of the molecule is Clc1cccc(-c2cccc(-c3nc(-c4ccccc4)nc(-c4ccc5c(c4)oc4ccccc45)n3)c2)c1. The average molecular weight is 510 g/mol. The van der Waals surface area contributed by atoms with E-state index in [1.54, 1.807) is 0 Å². The van der Waals surface area contributed by atoms with Crippen LogP contribution >= 0.6 is 11.6 Å². The van der Waals surface area contributed by atoms with Crippen molar-refractivity contribution in [3.8, 4) is 45.3 Å². The number of hydrogen-bond acceptors (Lipinski definition) is 4. The lowest BCUT2D eigenvalue weighted by Gasteiger charge is -2.10. The molecule has 7 rings (SSSR count). The lowest BCUT2D eigenvalue weighted by atomic mass is 10.0. The zero-order valence-corrected chi connectivity index (χ0v) is 20.9. The monoisotopic (exact) mass is 509 g/mol. The quantitative estimate of drug-likeness (QED) is 0.237. The number of hydrogen-bond donors (Lipinski definition) is 0. The molecule has 0 N–H and O–H groups in total. The van der Waals surface area contributed by atoms with Gasteiger partial charge in [0.05, 0.1) is 0 Å². The van der Waals surface area contributed by atoms with Gasteiger partial charge in [0, 0.05) is 32.5 Å². The van der Waals surface area contributed by atoms with E-state index in [4.69, 9.17) is 31.0 Å². The molecule has 5 aromatic carbocycles.